The van der Waals surface area contributed by atoms with Crippen molar-refractivity contribution in [3.63, 3.8) is 0 Å². The van der Waals surface area contributed by atoms with E-state index in [0.29, 0.717) is 44.1 Å². The van der Waals surface area contributed by atoms with Crippen LogP contribution in [-0.4, -0.2) is 45.6 Å². The van der Waals surface area contributed by atoms with E-state index in [1.807, 2.05) is 31.4 Å². The molecule has 204 valence electrons. The van der Waals surface area contributed by atoms with Gasteiger partial charge in [-0.05, 0) is 50.6 Å². The first kappa shape index (κ1) is 26.1. The van der Waals surface area contributed by atoms with Crippen LogP contribution in [0.3, 0.4) is 0 Å². The molecule has 0 saturated carbocycles. The molecule has 1 spiro atoms. The molecular formula is C28H24Cl2N6O4. The number of hydrogen-bond acceptors (Lipinski definition) is 7. The van der Waals surface area contributed by atoms with Gasteiger partial charge in [0.25, 0.3) is 11.8 Å². The minimum atomic E-state index is -1.60. The van der Waals surface area contributed by atoms with Crippen LogP contribution in [0.15, 0.2) is 42.6 Å². The van der Waals surface area contributed by atoms with E-state index in [9.17, 15) is 9.59 Å². The van der Waals surface area contributed by atoms with E-state index in [4.69, 9.17) is 37.7 Å². The number of rotatable bonds is 5. The third kappa shape index (κ3) is 3.45. The van der Waals surface area contributed by atoms with Gasteiger partial charge in [0.15, 0.2) is 11.2 Å². The van der Waals surface area contributed by atoms with E-state index < -0.39 is 17.4 Å². The third-order valence-corrected chi connectivity index (χ3v) is 7.86. The summed E-state index contributed by atoms with van der Waals surface area (Å²) >= 11 is 12.8. The van der Waals surface area contributed by atoms with Crippen LogP contribution in [0, 0.1) is 6.92 Å². The van der Waals surface area contributed by atoms with Crippen molar-refractivity contribution >= 4 is 46.4 Å². The van der Waals surface area contributed by atoms with Gasteiger partial charge in [-0.25, -0.2) is 9.97 Å². The fourth-order valence-electron chi connectivity index (χ4n) is 5.50. The highest BCUT2D eigenvalue weighted by atomic mass is 35.5. The molecule has 2 aliphatic rings. The number of aromatic nitrogens is 4. The zero-order chi connectivity index (χ0) is 28.5. The minimum Gasteiger partial charge on any atom is -0.480 e. The summed E-state index contributed by atoms with van der Waals surface area (Å²) in [5.74, 6) is -0.282. The van der Waals surface area contributed by atoms with Crippen molar-refractivity contribution < 1.29 is 19.1 Å². The predicted octanol–water partition coefficient (Wildman–Crippen LogP) is 5.41. The summed E-state index contributed by atoms with van der Waals surface area (Å²) in [6.45, 7) is 5.76. The largest absolute Gasteiger partial charge is 0.480 e. The zero-order valence-electron chi connectivity index (χ0n) is 22.2. The summed E-state index contributed by atoms with van der Waals surface area (Å²) < 4.78 is 12.6. The Morgan fingerprint density at radius 1 is 1.02 bits per heavy atom. The van der Waals surface area contributed by atoms with Crippen LogP contribution >= 0.6 is 23.2 Å². The average Bonchev–Trinajstić information content (AvgIpc) is 3.53. The highest BCUT2D eigenvalue weighted by Gasteiger charge is 2.64. The fourth-order valence-corrected chi connectivity index (χ4v) is 5.85. The van der Waals surface area contributed by atoms with Crippen LogP contribution in [0.5, 0.6) is 11.9 Å². The maximum absolute atomic E-state index is 14.4. The van der Waals surface area contributed by atoms with Crippen LogP contribution in [0.25, 0.3) is 11.4 Å². The van der Waals surface area contributed by atoms with Gasteiger partial charge in [-0.1, -0.05) is 35.3 Å². The molecule has 1 N–H and O–H groups in total. The zero-order valence-corrected chi connectivity index (χ0v) is 23.8. The summed E-state index contributed by atoms with van der Waals surface area (Å²) in [6.07, 6.45) is 1.53. The molecule has 4 aromatic rings. The molecule has 0 unspecified atom stereocenters. The number of carbonyl (C=O) groups is 2. The van der Waals surface area contributed by atoms with E-state index >= 15 is 0 Å². The van der Waals surface area contributed by atoms with Crippen LogP contribution in [0.4, 0.5) is 11.4 Å². The normalized spacial score (nSPS) is 17.4. The monoisotopic (exact) mass is 578 g/mol. The lowest BCUT2D eigenvalue weighted by molar-refractivity contribution is -0.119. The molecule has 0 bridgehead atoms. The number of ether oxygens (including phenoxy) is 2. The van der Waals surface area contributed by atoms with Gasteiger partial charge in [0, 0.05) is 39.2 Å². The first-order chi connectivity index (χ1) is 19.1. The van der Waals surface area contributed by atoms with Gasteiger partial charge in [-0.2, -0.15) is 4.98 Å². The van der Waals surface area contributed by atoms with Crippen molar-refractivity contribution in [2.45, 2.75) is 32.4 Å². The predicted molar refractivity (Wildman–Crippen MR) is 151 cm³/mol. The van der Waals surface area contributed by atoms with Gasteiger partial charge in [0.05, 0.1) is 25.5 Å². The summed E-state index contributed by atoms with van der Waals surface area (Å²) in [7, 11) is 2.93. The molecule has 10 nitrogen and oxygen atoms in total. The Morgan fingerprint density at radius 2 is 1.80 bits per heavy atom. The summed E-state index contributed by atoms with van der Waals surface area (Å²) in [5.41, 5.74) is 1.74. The molecule has 12 heteroatoms. The smallest absolute Gasteiger partial charge is 0.319 e. The molecule has 1 atom stereocenters. The molecule has 0 fully saturated rings. The van der Waals surface area contributed by atoms with E-state index in [0.717, 1.165) is 5.56 Å². The van der Waals surface area contributed by atoms with Gasteiger partial charge < -0.3 is 19.4 Å². The summed E-state index contributed by atoms with van der Waals surface area (Å²) in [4.78, 5) is 43.5. The fraction of sp³-hybridized carbons (Fsp3) is 0.250. The highest BCUT2D eigenvalue weighted by Crippen LogP contribution is 2.54. The van der Waals surface area contributed by atoms with Gasteiger partial charge in [0.1, 0.15) is 5.82 Å². The molecule has 0 aliphatic carbocycles. The second kappa shape index (κ2) is 9.21. The quantitative estimate of drug-likeness (QED) is 0.337. The third-order valence-electron chi connectivity index (χ3n) is 7.22. The van der Waals surface area contributed by atoms with E-state index in [1.165, 1.54) is 25.3 Å². The first-order valence-electron chi connectivity index (χ1n) is 12.4. The molecule has 0 radical (unpaired) electrons. The highest BCUT2D eigenvalue weighted by molar-refractivity contribution is 6.32. The maximum atomic E-state index is 14.4. The summed E-state index contributed by atoms with van der Waals surface area (Å²) in [6, 6.07) is 10.3. The second-order valence-corrected chi connectivity index (χ2v) is 10.6. The number of anilines is 2. The Kier molecular flexibility index (Phi) is 6.01. The second-order valence-electron chi connectivity index (χ2n) is 9.80. The molecule has 40 heavy (non-hydrogen) atoms. The van der Waals surface area contributed by atoms with Crippen molar-refractivity contribution in [2.75, 3.05) is 24.4 Å². The van der Waals surface area contributed by atoms with Crippen LogP contribution < -0.4 is 19.7 Å². The number of benzene rings is 2. The SMILES string of the molecule is COc1ncc(-c2nc3c(n2C(C)C)[C@]2(C(=O)Nc4cc(Cl)ccc42)N(c2ccc(C)c(Cl)c2)C3=O)c(OC)n1. The molecule has 2 aromatic carbocycles. The van der Waals surface area contributed by atoms with Crippen LogP contribution in [-0.2, 0) is 10.3 Å². The maximum Gasteiger partial charge on any atom is 0.319 e. The Labute approximate surface area is 239 Å². The van der Waals surface area contributed by atoms with Crippen molar-refractivity contribution in [1.82, 2.24) is 19.5 Å². The molecule has 2 amide bonds. The molecule has 4 heterocycles. The Balaban J connectivity index is 1.71. The molecule has 6 rings (SSSR count). The van der Waals surface area contributed by atoms with Crippen LogP contribution in [0.2, 0.25) is 10.0 Å². The Bertz CT molecular complexity index is 1740. The number of halogens is 2. The minimum absolute atomic E-state index is 0.117. The van der Waals surface area contributed by atoms with Crippen molar-refractivity contribution in [3.05, 3.63) is 75.2 Å². The number of imidazole rings is 1. The topological polar surface area (TPSA) is 111 Å². The van der Waals surface area contributed by atoms with Crippen LogP contribution in [0.1, 0.15) is 47.2 Å². The van der Waals surface area contributed by atoms with E-state index in [2.05, 4.69) is 15.3 Å². The number of carbonyl (C=O) groups excluding carboxylic acids is 2. The number of methoxy groups -OCH3 is 2. The molecular weight excluding hydrogens is 555 g/mol. The lowest BCUT2D eigenvalue weighted by atomic mass is 9.87. The number of aryl methyl sites for hydroxylation is 1. The van der Waals surface area contributed by atoms with Gasteiger partial charge in [0.2, 0.25) is 5.88 Å². The number of hydrogen-bond donors (Lipinski definition) is 1. The Morgan fingerprint density at radius 3 is 2.48 bits per heavy atom. The van der Waals surface area contributed by atoms with E-state index in [1.54, 1.807) is 30.3 Å². The number of fused-ring (bicyclic) bond motifs is 4. The van der Waals surface area contributed by atoms with Crippen molar-refractivity contribution in [1.29, 1.82) is 0 Å². The average molecular weight is 579 g/mol. The molecule has 0 saturated heterocycles. The molecule has 2 aromatic heterocycles. The van der Waals surface area contributed by atoms with Gasteiger partial charge >= 0.3 is 6.01 Å². The lowest BCUT2D eigenvalue weighted by Gasteiger charge is -2.36. The van der Waals surface area contributed by atoms with Crippen molar-refractivity contribution in [3.8, 4) is 23.3 Å². The van der Waals surface area contributed by atoms with Crippen molar-refractivity contribution in [2.24, 2.45) is 0 Å². The molecule has 2 aliphatic heterocycles. The summed E-state index contributed by atoms with van der Waals surface area (Å²) in [5, 5.41) is 3.87. The Hall–Kier alpha value is -4.15. The van der Waals surface area contributed by atoms with Gasteiger partial charge in [-0.3, -0.25) is 14.5 Å². The number of nitrogens with zero attached hydrogens (tertiary/aromatic N) is 5. The number of amides is 2. The first-order valence-corrected chi connectivity index (χ1v) is 13.2. The van der Waals surface area contributed by atoms with E-state index in [-0.39, 0.29) is 23.6 Å². The lowest BCUT2D eigenvalue weighted by Crippen LogP contribution is -2.51. The number of nitrogens with one attached hydrogen (secondary N) is 1. The van der Waals surface area contributed by atoms with Gasteiger partial charge in [-0.15, -0.1) is 0 Å². The standard InChI is InChI=1S/C28H24Cl2N6O4/c1-13(2)35-22-21(33-23(35)17-12-31-27(40-5)34-24(17)39-4)25(37)36(16-8-6-14(3)19(30)11-16)28(22)18-9-7-15(29)10-20(18)32-26(28)38/h6-13H,1-5H3,(H,32,38)/t28-/m1/s1.